The molecule has 2 aromatic rings. The Balaban J connectivity index is 2.51. The molecule has 0 heterocycles. The maximum Gasteiger partial charge on any atom is 0.272 e. The number of sulfonamides is 1. The van der Waals surface area contributed by atoms with E-state index in [9.17, 15) is 13.7 Å². The molecule has 0 unspecified atom stereocenters. The third kappa shape index (κ3) is 4.93. The highest BCUT2D eigenvalue weighted by Crippen LogP contribution is 2.36. The van der Waals surface area contributed by atoms with Crippen LogP contribution in [0.4, 0.5) is 5.69 Å². The monoisotopic (exact) mass is 452 g/mol. The topological polar surface area (TPSA) is 97.7 Å². The second-order valence-electron chi connectivity index (χ2n) is 5.18. The largest absolute Gasteiger partial charge is 0.496 e. The van der Waals surface area contributed by atoms with E-state index in [1.165, 1.54) is 27.4 Å². The Morgan fingerprint density at radius 3 is 2.07 bits per heavy atom. The number of halogens is 1. The van der Waals surface area contributed by atoms with Crippen LogP contribution in [0, 0.1) is 11.3 Å². The van der Waals surface area contributed by atoms with Gasteiger partial charge in [0.2, 0.25) is 0 Å². The first kappa shape index (κ1) is 20.6. The number of nitrogens with zero attached hydrogens (tertiary/aromatic N) is 1. The van der Waals surface area contributed by atoms with Crippen molar-refractivity contribution in [3.05, 3.63) is 51.3 Å². The van der Waals surface area contributed by atoms with Crippen LogP contribution in [0.25, 0.3) is 6.08 Å². The summed E-state index contributed by atoms with van der Waals surface area (Å²) in [5.74, 6) is 1.07. The second-order valence-corrected chi connectivity index (χ2v) is 7.74. The third-order valence-electron chi connectivity index (χ3n) is 3.52. The number of rotatable bonds is 7. The molecule has 1 N–H and O–H groups in total. The van der Waals surface area contributed by atoms with Gasteiger partial charge in [-0.1, -0.05) is 15.9 Å². The van der Waals surface area contributed by atoms with Crippen LogP contribution < -0.4 is 18.9 Å². The minimum absolute atomic E-state index is 0.304. The number of anilines is 1. The molecule has 0 aliphatic carbocycles. The van der Waals surface area contributed by atoms with Crippen molar-refractivity contribution in [1.82, 2.24) is 0 Å². The van der Waals surface area contributed by atoms with Gasteiger partial charge >= 0.3 is 0 Å². The van der Waals surface area contributed by atoms with Gasteiger partial charge in [-0.2, -0.15) is 5.26 Å². The van der Waals surface area contributed by atoms with E-state index in [-0.39, 0.29) is 0 Å². The SMILES string of the molecule is COc1cc(OC)c(/C=C(\C#N)S(=O)(=O)Nc2ccc(Br)cc2)c(OC)c1. The van der Waals surface area contributed by atoms with Gasteiger partial charge in [-0.15, -0.1) is 0 Å². The van der Waals surface area contributed by atoms with Gasteiger partial charge in [0.05, 0.1) is 26.9 Å². The number of allylic oxidation sites excluding steroid dienone is 1. The number of ether oxygens (including phenoxy) is 3. The molecule has 0 atom stereocenters. The van der Waals surface area contributed by atoms with Gasteiger partial charge < -0.3 is 14.2 Å². The summed E-state index contributed by atoms with van der Waals surface area (Å²) < 4.78 is 44.1. The molecule has 0 aliphatic rings. The number of nitrogens with one attached hydrogen (secondary N) is 1. The first-order chi connectivity index (χ1) is 12.8. The van der Waals surface area contributed by atoms with E-state index in [2.05, 4.69) is 20.7 Å². The van der Waals surface area contributed by atoms with Gasteiger partial charge in [0.15, 0.2) is 4.91 Å². The Kier molecular flexibility index (Phi) is 6.71. The minimum Gasteiger partial charge on any atom is -0.496 e. The van der Waals surface area contributed by atoms with Gasteiger partial charge in [-0.3, -0.25) is 4.72 Å². The number of benzene rings is 2. The van der Waals surface area contributed by atoms with Gasteiger partial charge in [0.25, 0.3) is 10.0 Å². The number of nitriles is 1. The van der Waals surface area contributed by atoms with Crippen molar-refractivity contribution in [3.8, 4) is 23.3 Å². The summed E-state index contributed by atoms with van der Waals surface area (Å²) in [4.78, 5) is -0.493. The smallest absolute Gasteiger partial charge is 0.272 e. The fourth-order valence-electron chi connectivity index (χ4n) is 2.20. The molecule has 2 aromatic carbocycles. The lowest BCUT2D eigenvalue weighted by Crippen LogP contribution is -2.14. The third-order valence-corrected chi connectivity index (χ3v) is 5.35. The molecule has 0 saturated carbocycles. The van der Waals surface area contributed by atoms with Gasteiger partial charge in [-0.05, 0) is 30.3 Å². The molecular weight excluding hydrogens is 436 g/mol. The summed E-state index contributed by atoms with van der Waals surface area (Å²) >= 11 is 3.28. The van der Waals surface area contributed by atoms with E-state index >= 15 is 0 Å². The lowest BCUT2D eigenvalue weighted by Gasteiger charge is -2.13. The molecule has 0 radical (unpaired) electrons. The summed E-state index contributed by atoms with van der Waals surface area (Å²) in [5, 5.41) is 9.42. The van der Waals surface area contributed by atoms with Gasteiger partial charge in [-0.25, -0.2) is 8.42 Å². The van der Waals surface area contributed by atoms with Crippen LogP contribution in [0.15, 0.2) is 45.8 Å². The summed E-state index contributed by atoms with van der Waals surface area (Å²) in [6.45, 7) is 0. The van der Waals surface area contributed by atoms with Crippen molar-refractivity contribution in [2.45, 2.75) is 0 Å². The van der Waals surface area contributed by atoms with Crippen molar-refractivity contribution >= 4 is 37.7 Å². The molecular formula is C18H17BrN2O5S. The molecule has 0 aliphatic heterocycles. The molecule has 7 nitrogen and oxygen atoms in total. The molecule has 0 amide bonds. The average Bonchev–Trinajstić information content (AvgIpc) is 2.66. The van der Waals surface area contributed by atoms with E-state index in [4.69, 9.17) is 14.2 Å². The molecule has 2 rings (SSSR count). The van der Waals surface area contributed by atoms with Crippen LogP contribution in [0.3, 0.4) is 0 Å². The molecule has 27 heavy (non-hydrogen) atoms. The lowest BCUT2D eigenvalue weighted by molar-refractivity contribution is 0.374. The van der Waals surface area contributed by atoms with Gasteiger partial charge in [0.1, 0.15) is 23.3 Å². The molecule has 142 valence electrons. The quantitative estimate of drug-likeness (QED) is 0.641. The molecule has 0 aromatic heterocycles. The van der Waals surface area contributed by atoms with Crippen molar-refractivity contribution < 1.29 is 22.6 Å². The maximum absolute atomic E-state index is 12.6. The normalized spacial score (nSPS) is 11.4. The van der Waals surface area contributed by atoms with E-state index in [1.54, 1.807) is 42.5 Å². The minimum atomic E-state index is -4.11. The Labute approximate surface area is 166 Å². The molecule has 0 bridgehead atoms. The van der Waals surface area contributed by atoms with Crippen LogP contribution in [0.1, 0.15) is 5.56 Å². The zero-order valence-corrected chi connectivity index (χ0v) is 17.2. The predicted octanol–water partition coefficient (Wildman–Crippen LogP) is 3.78. The van der Waals surface area contributed by atoms with Crippen LogP contribution >= 0.6 is 15.9 Å². The fourth-order valence-corrected chi connectivity index (χ4v) is 3.42. The van der Waals surface area contributed by atoms with Crippen LogP contribution in [0.2, 0.25) is 0 Å². The van der Waals surface area contributed by atoms with Crippen molar-refractivity contribution in [2.24, 2.45) is 0 Å². The molecule has 0 saturated heterocycles. The van der Waals surface area contributed by atoms with E-state index in [0.717, 1.165) is 4.47 Å². The average molecular weight is 453 g/mol. The maximum atomic E-state index is 12.6. The zero-order chi connectivity index (χ0) is 20.0. The molecule has 0 fully saturated rings. The van der Waals surface area contributed by atoms with Crippen LogP contribution in [-0.4, -0.2) is 29.7 Å². The first-order valence-corrected chi connectivity index (χ1v) is 9.82. The van der Waals surface area contributed by atoms with E-state index in [1.807, 2.05) is 0 Å². The van der Waals surface area contributed by atoms with Gasteiger partial charge in [0, 0.05) is 22.3 Å². The van der Waals surface area contributed by atoms with E-state index in [0.29, 0.717) is 28.5 Å². The van der Waals surface area contributed by atoms with E-state index < -0.39 is 14.9 Å². The van der Waals surface area contributed by atoms with Crippen molar-refractivity contribution in [3.63, 3.8) is 0 Å². The number of methoxy groups -OCH3 is 3. The first-order valence-electron chi connectivity index (χ1n) is 7.54. The summed E-state index contributed by atoms with van der Waals surface area (Å²) in [6.07, 6.45) is 1.19. The lowest BCUT2D eigenvalue weighted by atomic mass is 10.1. The standard InChI is InChI=1S/C18H17BrN2O5S/c1-24-14-8-17(25-2)16(18(9-14)26-3)10-15(11-20)27(22,23)21-13-6-4-12(19)5-7-13/h4-10,21H,1-3H3/b15-10+. The Morgan fingerprint density at radius 1 is 1.07 bits per heavy atom. The zero-order valence-electron chi connectivity index (χ0n) is 14.8. The Hall–Kier alpha value is -2.70. The van der Waals surface area contributed by atoms with Crippen LogP contribution in [0.5, 0.6) is 17.2 Å². The van der Waals surface area contributed by atoms with Crippen molar-refractivity contribution in [2.75, 3.05) is 26.1 Å². The molecule has 0 spiro atoms. The molecule has 9 heteroatoms. The number of hydrogen-bond donors (Lipinski definition) is 1. The Morgan fingerprint density at radius 2 is 1.63 bits per heavy atom. The summed E-state index contributed by atoms with van der Waals surface area (Å²) in [5.41, 5.74) is 0.631. The number of hydrogen-bond acceptors (Lipinski definition) is 6. The predicted molar refractivity (Wildman–Crippen MR) is 106 cm³/mol. The highest BCUT2D eigenvalue weighted by Gasteiger charge is 2.21. The summed E-state index contributed by atoms with van der Waals surface area (Å²) in [7, 11) is 0.219. The van der Waals surface area contributed by atoms with Crippen LogP contribution in [-0.2, 0) is 10.0 Å². The Bertz CT molecular complexity index is 970. The second kappa shape index (κ2) is 8.79. The van der Waals surface area contributed by atoms with Crippen molar-refractivity contribution in [1.29, 1.82) is 5.26 Å². The summed E-state index contributed by atoms with van der Waals surface area (Å²) in [6, 6.07) is 11.4. The fraction of sp³-hybridized carbons (Fsp3) is 0.167. The highest BCUT2D eigenvalue weighted by molar-refractivity contribution is 9.10. The highest BCUT2D eigenvalue weighted by atomic mass is 79.9.